The van der Waals surface area contributed by atoms with Crippen LogP contribution in [0.4, 0.5) is 0 Å². The van der Waals surface area contributed by atoms with Gasteiger partial charge in [0.2, 0.25) is 0 Å². The van der Waals surface area contributed by atoms with Crippen molar-refractivity contribution < 1.29 is 0 Å². The highest BCUT2D eigenvalue weighted by atomic mass is 32.2. The topological polar surface area (TPSA) is 29.9 Å². The van der Waals surface area contributed by atoms with Crippen molar-refractivity contribution in [3.63, 3.8) is 0 Å². The highest BCUT2D eigenvalue weighted by Crippen LogP contribution is 2.22. The number of aryl methyl sites for hydroxylation is 2. The Hall–Kier alpha value is -0.480. The van der Waals surface area contributed by atoms with Crippen LogP contribution in [0, 0.1) is 6.92 Å². The van der Waals surface area contributed by atoms with Crippen LogP contribution in [0.15, 0.2) is 11.1 Å². The first-order chi connectivity index (χ1) is 6.99. The minimum absolute atomic E-state index is 0.557. The SMILES string of the molecule is Cc1cc(SC(C)CNC(C)C)n(C)n1. The summed E-state index contributed by atoms with van der Waals surface area (Å²) >= 11 is 1.87. The highest BCUT2D eigenvalue weighted by molar-refractivity contribution is 7.99. The Balaban J connectivity index is 2.44. The molecule has 15 heavy (non-hydrogen) atoms. The van der Waals surface area contributed by atoms with Gasteiger partial charge in [-0.3, -0.25) is 4.68 Å². The largest absolute Gasteiger partial charge is 0.313 e. The molecule has 0 bridgehead atoms. The molecule has 1 heterocycles. The standard InChI is InChI=1S/C11H21N3S/c1-8(2)12-7-10(4)15-11-6-9(3)13-14(11)5/h6,8,10,12H,7H2,1-5H3. The molecule has 0 amide bonds. The molecule has 1 rings (SSSR count). The fourth-order valence-corrected chi connectivity index (χ4v) is 2.37. The Bertz CT molecular complexity index is 307. The van der Waals surface area contributed by atoms with Crippen LogP contribution in [-0.4, -0.2) is 27.6 Å². The lowest BCUT2D eigenvalue weighted by molar-refractivity contribution is 0.588. The van der Waals surface area contributed by atoms with E-state index in [1.54, 1.807) is 0 Å². The molecule has 0 spiro atoms. The number of thioether (sulfide) groups is 1. The lowest BCUT2D eigenvalue weighted by Crippen LogP contribution is -2.29. The molecular formula is C11H21N3S. The maximum absolute atomic E-state index is 4.33. The van der Waals surface area contributed by atoms with Gasteiger partial charge in [0.05, 0.1) is 10.7 Å². The predicted molar refractivity (Wildman–Crippen MR) is 66.4 cm³/mol. The van der Waals surface area contributed by atoms with E-state index in [1.165, 1.54) is 5.03 Å². The number of hydrogen-bond donors (Lipinski definition) is 1. The number of hydrogen-bond acceptors (Lipinski definition) is 3. The lowest BCUT2D eigenvalue weighted by atomic mass is 10.3. The summed E-state index contributed by atoms with van der Waals surface area (Å²) in [4.78, 5) is 0. The Morgan fingerprint density at radius 3 is 2.60 bits per heavy atom. The van der Waals surface area contributed by atoms with Gasteiger partial charge in [-0.2, -0.15) is 5.10 Å². The van der Waals surface area contributed by atoms with Gasteiger partial charge in [0.15, 0.2) is 0 Å². The van der Waals surface area contributed by atoms with Crippen molar-refractivity contribution in [1.82, 2.24) is 15.1 Å². The minimum atomic E-state index is 0.557. The summed E-state index contributed by atoms with van der Waals surface area (Å²) in [6.45, 7) is 9.65. The first-order valence-electron chi connectivity index (χ1n) is 5.39. The zero-order valence-corrected chi connectivity index (χ0v) is 11.1. The average Bonchev–Trinajstić information content (AvgIpc) is 2.42. The van der Waals surface area contributed by atoms with Gasteiger partial charge < -0.3 is 5.32 Å². The van der Waals surface area contributed by atoms with E-state index in [0.717, 1.165) is 12.2 Å². The molecule has 1 N–H and O–H groups in total. The Morgan fingerprint density at radius 1 is 1.47 bits per heavy atom. The van der Waals surface area contributed by atoms with Crippen LogP contribution >= 0.6 is 11.8 Å². The molecule has 0 fully saturated rings. The van der Waals surface area contributed by atoms with Gasteiger partial charge in [0.1, 0.15) is 0 Å². The van der Waals surface area contributed by atoms with Crippen molar-refractivity contribution >= 4 is 11.8 Å². The number of nitrogens with zero attached hydrogens (tertiary/aromatic N) is 2. The van der Waals surface area contributed by atoms with Crippen molar-refractivity contribution in [2.24, 2.45) is 7.05 Å². The van der Waals surface area contributed by atoms with Gasteiger partial charge in [-0.25, -0.2) is 0 Å². The molecule has 1 atom stereocenters. The molecule has 0 aliphatic carbocycles. The highest BCUT2D eigenvalue weighted by Gasteiger charge is 2.08. The van der Waals surface area contributed by atoms with Gasteiger partial charge >= 0.3 is 0 Å². The minimum Gasteiger partial charge on any atom is -0.313 e. The van der Waals surface area contributed by atoms with Gasteiger partial charge in [0.25, 0.3) is 0 Å². The van der Waals surface area contributed by atoms with Crippen molar-refractivity contribution in [3.8, 4) is 0 Å². The summed E-state index contributed by atoms with van der Waals surface area (Å²) in [5.74, 6) is 0. The fraction of sp³-hybridized carbons (Fsp3) is 0.727. The molecule has 3 nitrogen and oxygen atoms in total. The molecule has 4 heteroatoms. The van der Waals surface area contributed by atoms with Gasteiger partial charge in [0, 0.05) is 24.9 Å². The van der Waals surface area contributed by atoms with E-state index in [1.807, 2.05) is 30.4 Å². The van der Waals surface area contributed by atoms with E-state index in [2.05, 4.69) is 37.3 Å². The molecule has 0 radical (unpaired) electrons. The summed E-state index contributed by atoms with van der Waals surface area (Å²) in [7, 11) is 2.00. The third-order valence-electron chi connectivity index (χ3n) is 2.09. The average molecular weight is 227 g/mol. The summed E-state index contributed by atoms with van der Waals surface area (Å²) < 4.78 is 1.95. The van der Waals surface area contributed by atoms with Crippen LogP contribution in [0.25, 0.3) is 0 Å². The van der Waals surface area contributed by atoms with Crippen molar-refractivity contribution in [1.29, 1.82) is 0 Å². The maximum atomic E-state index is 4.33. The van der Waals surface area contributed by atoms with Crippen LogP contribution in [0.1, 0.15) is 26.5 Å². The Labute approximate surface area is 96.6 Å². The summed E-state index contributed by atoms with van der Waals surface area (Å²) in [6.07, 6.45) is 0. The quantitative estimate of drug-likeness (QED) is 0.782. The second-order valence-electron chi connectivity index (χ2n) is 4.24. The van der Waals surface area contributed by atoms with E-state index in [4.69, 9.17) is 0 Å². The van der Waals surface area contributed by atoms with E-state index >= 15 is 0 Å². The number of aromatic nitrogens is 2. The number of rotatable bonds is 5. The molecule has 0 saturated carbocycles. The molecule has 1 aromatic rings. The fourth-order valence-electron chi connectivity index (χ4n) is 1.35. The molecule has 0 aliphatic heterocycles. The summed E-state index contributed by atoms with van der Waals surface area (Å²) in [5.41, 5.74) is 1.09. The predicted octanol–water partition coefficient (Wildman–Crippen LogP) is 2.21. The normalized spacial score (nSPS) is 13.5. The van der Waals surface area contributed by atoms with Gasteiger partial charge in [-0.05, 0) is 13.0 Å². The van der Waals surface area contributed by atoms with Crippen LogP contribution in [0.5, 0.6) is 0 Å². The smallest absolute Gasteiger partial charge is 0.0942 e. The maximum Gasteiger partial charge on any atom is 0.0942 e. The molecule has 0 saturated heterocycles. The molecule has 0 aromatic carbocycles. The third kappa shape index (κ3) is 4.26. The second kappa shape index (κ2) is 5.56. The summed E-state index contributed by atoms with van der Waals surface area (Å²) in [6, 6.07) is 2.69. The van der Waals surface area contributed by atoms with Crippen LogP contribution in [0.2, 0.25) is 0 Å². The van der Waals surface area contributed by atoms with Crippen LogP contribution in [-0.2, 0) is 7.05 Å². The molecule has 86 valence electrons. The van der Waals surface area contributed by atoms with E-state index in [-0.39, 0.29) is 0 Å². The van der Waals surface area contributed by atoms with Crippen LogP contribution < -0.4 is 5.32 Å². The number of nitrogens with one attached hydrogen (secondary N) is 1. The van der Waals surface area contributed by atoms with Crippen molar-refractivity contribution in [3.05, 3.63) is 11.8 Å². The zero-order chi connectivity index (χ0) is 11.4. The van der Waals surface area contributed by atoms with Crippen molar-refractivity contribution in [2.45, 2.75) is 44.0 Å². The second-order valence-corrected chi connectivity index (χ2v) is 5.70. The van der Waals surface area contributed by atoms with Crippen LogP contribution in [0.3, 0.4) is 0 Å². The van der Waals surface area contributed by atoms with E-state index in [9.17, 15) is 0 Å². The Morgan fingerprint density at radius 2 is 2.13 bits per heavy atom. The third-order valence-corrected chi connectivity index (χ3v) is 3.29. The summed E-state index contributed by atoms with van der Waals surface area (Å²) in [5, 5.41) is 9.59. The van der Waals surface area contributed by atoms with E-state index < -0.39 is 0 Å². The zero-order valence-electron chi connectivity index (χ0n) is 10.2. The first kappa shape index (κ1) is 12.6. The lowest BCUT2D eigenvalue weighted by Gasteiger charge is -2.14. The molecule has 1 unspecified atom stereocenters. The Kier molecular flexibility index (Phi) is 4.67. The van der Waals surface area contributed by atoms with E-state index in [0.29, 0.717) is 11.3 Å². The molecular weight excluding hydrogens is 206 g/mol. The van der Waals surface area contributed by atoms with Crippen molar-refractivity contribution in [2.75, 3.05) is 6.54 Å². The first-order valence-corrected chi connectivity index (χ1v) is 6.27. The van der Waals surface area contributed by atoms with Gasteiger partial charge in [-0.1, -0.05) is 20.8 Å². The molecule has 0 aliphatic rings. The molecule has 1 aromatic heterocycles. The van der Waals surface area contributed by atoms with Gasteiger partial charge in [-0.15, -0.1) is 11.8 Å². The monoisotopic (exact) mass is 227 g/mol.